The molecule has 2 rings (SSSR count). The normalized spacial score (nSPS) is 24.6. The summed E-state index contributed by atoms with van der Waals surface area (Å²) in [5.41, 5.74) is -0.685. The molecule has 0 aliphatic carbocycles. The fraction of sp³-hybridized carbons (Fsp3) is 0.545. The smallest absolute Gasteiger partial charge is 0.225 e. The highest BCUT2D eigenvalue weighted by Crippen LogP contribution is 2.26. The maximum absolute atomic E-state index is 11.6. The van der Waals surface area contributed by atoms with Crippen LogP contribution < -0.4 is 5.32 Å². The number of hydrogen-bond acceptors (Lipinski definition) is 4. The van der Waals surface area contributed by atoms with E-state index in [2.05, 4.69) is 5.32 Å². The van der Waals surface area contributed by atoms with E-state index in [1.165, 1.54) is 0 Å². The van der Waals surface area contributed by atoms with Crippen molar-refractivity contribution in [2.24, 2.45) is 0 Å². The van der Waals surface area contributed by atoms with Gasteiger partial charge in [-0.25, -0.2) is 0 Å². The lowest BCUT2D eigenvalue weighted by Gasteiger charge is -2.21. The van der Waals surface area contributed by atoms with Crippen molar-refractivity contribution < 1.29 is 9.90 Å². The Morgan fingerprint density at radius 1 is 1.62 bits per heavy atom. The summed E-state index contributed by atoms with van der Waals surface area (Å²) in [4.78, 5) is 12.6. The maximum Gasteiger partial charge on any atom is 0.225 e. The number of carbonyl (C=O) groups is 1. The van der Waals surface area contributed by atoms with Gasteiger partial charge in [-0.3, -0.25) is 4.79 Å². The van der Waals surface area contributed by atoms with Crippen molar-refractivity contribution in [2.75, 3.05) is 18.1 Å². The van der Waals surface area contributed by atoms with E-state index in [1.54, 1.807) is 23.1 Å². The predicted octanol–water partition coefficient (Wildman–Crippen LogP) is 1.27. The lowest BCUT2D eigenvalue weighted by Crippen LogP contribution is -2.43. The average Bonchev–Trinajstić information content (AvgIpc) is 2.88. The lowest BCUT2D eigenvalue weighted by atomic mass is 10.0. The second-order valence-electron chi connectivity index (χ2n) is 4.06. The number of thioether (sulfide) groups is 1. The Balaban J connectivity index is 1.75. The van der Waals surface area contributed by atoms with Crippen molar-refractivity contribution in [1.82, 2.24) is 5.32 Å². The monoisotopic (exact) mass is 257 g/mol. The van der Waals surface area contributed by atoms with Gasteiger partial charge in [0, 0.05) is 17.2 Å². The van der Waals surface area contributed by atoms with Gasteiger partial charge in [-0.1, -0.05) is 6.07 Å². The highest BCUT2D eigenvalue weighted by molar-refractivity contribution is 7.99. The number of rotatable bonds is 4. The third-order valence-electron chi connectivity index (χ3n) is 2.61. The van der Waals surface area contributed by atoms with E-state index in [1.807, 2.05) is 17.5 Å². The molecule has 1 amide bonds. The molecule has 1 aromatic heterocycles. The molecule has 1 aliphatic rings. The van der Waals surface area contributed by atoms with Crippen molar-refractivity contribution in [2.45, 2.75) is 18.4 Å². The number of nitrogens with one attached hydrogen (secondary N) is 1. The number of thiophene rings is 1. The molecule has 88 valence electrons. The van der Waals surface area contributed by atoms with Gasteiger partial charge in [0.25, 0.3) is 0 Å². The van der Waals surface area contributed by atoms with Gasteiger partial charge in [0.2, 0.25) is 5.91 Å². The third kappa shape index (κ3) is 3.23. The van der Waals surface area contributed by atoms with Crippen LogP contribution in [0.15, 0.2) is 17.5 Å². The van der Waals surface area contributed by atoms with Crippen LogP contribution in [0.25, 0.3) is 0 Å². The fourth-order valence-corrected chi connectivity index (χ4v) is 3.63. The molecule has 0 bridgehead atoms. The summed E-state index contributed by atoms with van der Waals surface area (Å²) in [5.74, 6) is 1.71. The van der Waals surface area contributed by atoms with Crippen LogP contribution in [0.5, 0.6) is 0 Å². The number of carbonyl (C=O) groups excluding carboxylic acids is 1. The van der Waals surface area contributed by atoms with Crippen molar-refractivity contribution in [3.8, 4) is 0 Å². The van der Waals surface area contributed by atoms with E-state index in [0.29, 0.717) is 13.0 Å². The van der Waals surface area contributed by atoms with Crippen LogP contribution in [0.3, 0.4) is 0 Å². The molecule has 3 nitrogen and oxygen atoms in total. The summed E-state index contributed by atoms with van der Waals surface area (Å²) >= 11 is 3.32. The van der Waals surface area contributed by atoms with Crippen LogP contribution >= 0.6 is 23.1 Å². The molecule has 0 saturated carbocycles. The first-order valence-electron chi connectivity index (χ1n) is 5.27. The zero-order valence-electron chi connectivity index (χ0n) is 8.94. The van der Waals surface area contributed by atoms with Gasteiger partial charge in [-0.05, 0) is 23.6 Å². The van der Waals surface area contributed by atoms with E-state index in [4.69, 9.17) is 0 Å². The van der Waals surface area contributed by atoms with Gasteiger partial charge < -0.3 is 10.4 Å². The standard InChI is InChI=1S/C11H15NO2S2/c13-10(6-9-2-1-4-16-9)12-7-11(14)3-5-15-8-11/h1-2,4,14H,3,5-8H2,(H,12,13)/t11-/m0/s1. The second kappa shape index (κ2) is 5.21. The first kappa shape index (κ1) is 12.0. The molecule has 2 N–H and O–H groups in total. The average molecular weight is 257 g/mol. The Kier molecular flexibility index (Phi) is 3.89. The van der Waals surface area contributed by atoms with Crippen LogP contribution in [-0.4, -0.2) is 34.7 Å². The van der Waals surface area contributed by atoms with Crippen LogP contribution in [0, 0.1) is 0 Å². The van der Waals surface area contributed by atoms with Crippen molar-refractivity contribution in [3.05, 3.63) is 22.4 Å². The van der Waals surface area contributed by atoms with E-state index in [9.17, 15) is 9.90 Å². The number of aliphatic hydroxyl groups is 1. The maximum atomic E-state index is 11.6. The Labute approximate surface area is 103 Å². The minimum atomic E-state index is -0.685. The van der Waals surface area contributed by atoms with Crippen molar-refractivity contribution in [3.63, 3.8) is 0 Å². The van der Waals surface area contributed by atoms with E-state index >= 15 is 0 Å². The molecule has 0 radical (unpaired) electrons. The van der Waals surface area contributed by atoms with E-state index < -0.39 is 5.60 Å². The summed E-state index contributed by atoms with van der Waals surface area (Å²) in [5, 5.41) is 14.8. The van der Waals surface area contributed by atoms with Crippen LogP contribution in [-0.2, 0) is 11.2 Å². The minimum absolute atomic E-state index is 0.00669. The highest BCUT2D eigenvalue weighted by Gasteiger charge is 2.31. The zero-order chi connectivity index (χ0) is 11.4. The molecule has 2 heterocycles. The number of hydrogen-bond donors (Lipinski definition) is 2. The van der Waals surface area contributed by atoms with E-state index in [-0.39, 0.29) is 5.91 Å². The van der Waals surface area contributed by atoms with Gasteiger partial charge in [-0.2, -0.15) is 11.8 Å². The quantitative estimate of drug-likeness (QED) is 0.854. The summed E-state index contributed by atoms with van der Waals surface area (Å²) in [6.45, 7) is 0.379. The van der Waals surface area contributed by atoms with Crippen molar-refractivity contribution in [1.29, 1.82) is 0 Å². The molecule has 5 heteroatoms. The van der Waals surface area contributed by atoms with Crippen molar-refractivity contribution >= 4 is 29.0 Å². The lowest BCUT2D eigenvalue weighted by molar-refractivity contribution is -0.121. The first-order valence-corrected chi connectivity index (χ1v) is 7.31. The molecule has 1 aromatic rings. The fourth-order valence-electron chi connectivity index (χ4n) is 1.63. The topological polar surface area (TPSA) is 49.3 Å². The van der Waals surface area contributed by atoms with Crippen LogP contribution in [0.4, 0.5) is 0 Å². The molecule has 1 saturated heterocycles. The molecule has 1 atom stereocenters. The third-order valence-corrected chi connectivity index (χ3v) is 4.72. The molecule has 0 aromatic carbocycles. The molecule has 1 fully saturated rings. The van der Waals surface area contributed by atoms with Gasteiger partial charge in [0.15, 0.2) is 0 Å². The molecular weight excluding hydrogens is 242 g/mol. The predicted molar refractivity (Wildman–Crippen MR) is 67.9 cm³/mol. The summed E-state index contributed by atoms with van der Waals surface area (Å²) in [6.07, 6.45) is 1.19. The van der Waals surface area contributed by atoms with Gasteiger partial charge >= 0.3 is 0 Å². The van der Waals surface area contributed by atoms with Crippen LogP contribution in [0.2, 0.25) is 0 Å². The molecule has 0 spiro atoms. The second-order valence-corrected chi connectivity index (χ2v) is 6.20. The minimum Gasteiger partial charge on any atom is -0.387 e. The molecular formula is C11H15NO2S2. The molecule has 1 aliphatic heterocycles. The Bertz CT molecular complexity index is 345. The van der Waals surface area contributed by atoms with Gasteiger partial charge in [0.05, 0.1) is 12.0 Å². The Morgan fingerprint density at radius 3 is 3.12 bits per heavy atom. The van der Waals surface area contributed by atoms with Crippen LogP contribution in [0.1, 0.15) is 11.3 Å². The Morgan fingerprint density at radius 2 is 2.50 bits per heavy atom. The molecule has 16 heavy (non-hydrogen) atoms. The van der Waals surface area contributed by atoms with Gasteiger partial charge in [-0.15, -0.1) is 11.3 Å². The highest BCUT2D eigenvalue weighted by atomic mass is 32.2. The zero-order valence-corrected chi connectivity index (χ0v) is 10.6. The summed E-state index contributed by atoms with van der Waals surface area (Å²) in [6, 6.07) is 3.89. The molecule has 0 unspecified atom stereocenters. The van der Waals surface area contributed by atoms with Gasteiger partial charge in [0.1, 0.15) is 0 Å². The SMILES string of the molecule is O=C(Cc1cccs1)NC[C@@]1(O)CCSC1. The Hall–Kier alpha value is -0.520. The number of amides is 1. The summed E-state index contributed by atoms with van der Waals surface area (Å²) < 4.78 is 0. The summed E-state index contributed by atoms with van der Waals surface area (Å²) in [7, 11) is 0. The largest absolute Gasteiger partial charge is 0.387 e. The van der Waals surface area contributed by atoms with E-state index in [0.717, 1.165) is 22.8 Å². The first-order chi connectivity index (χ1) is 7.68.